The topological polar surface area (TPSA) is 0 Å². The molecule has 0 N–H and O–H groups in total. The van der Waals surface area contributed by atoms with Gasteiger partial charge in [0.1, 0.15) is 0 Å². The van der Waals surface area contributed by atoms with Gasteiger partial charge in [0.25, 0.3) is 0 Å². The van der Waals surface area contributed by atoms with Crippen molar-refractivity contribution in [3.8, 4) is 0 Å². The van der Waals surface area contributed by atoms with Gasteiger partial charge in [-0.2, -0.15) is 0 Å². The highest BCUT2D eigenvalue weighted by Gasteiger charge is 2.32. The van der Waals surface area contributed by atoms with E-state index in [4.69, 9.17) is 0 Å². The molecule has 0 saturated carbocycles. The Hall–Kier alpha value is -0.260. The smallest absolute Gasteiger partial charge is 0.00960 e. The van der Waals surface area contributed by atoms with Crippen molar-refractivity contribution in [3.05, 3.63) is 11.6 Å². The highest BCUT2D eigenvalue weighted by atomic mass is 14.4. The van der Waals surface area contributed by atoms with Crippen molar-refractivity contribution in [3.63, 3.8) is 0 Å². The number of allylic oxidation sites excluding steroid dienone is 2. The summed E-state index contributed by atoms with van der Waals surface area (Å²) in [5, 5.41) is 0. The minimum Gasteiger partial charge on any atom is -0.0850 e. The van der Waals surface area contributed by atoms with E-state index in [1.54, 1.807) is 5.57 Å². The van der Waals surface area contributed by atoms with Gasteiger partial charge < -0.3 is 0 Å². The average molecular weight is 152 g/mol. The highest BCUT2D eigenvalue weighted by molar-refractivity contribution is 5.15. The summed E-state index contributed by atoms with van der Waals surface area (Å²) in [6.07, 6.45) is 6.38. The fourth-order valence-electron chi connectivity index (χ4n) is 2.12. The number of hydrogen-bond acceptors (Lipinski definition) is 0. The summed E-state index contributed by atoms with van der Waals surface area (Å²) < 4.78 is 0. The molecule has 0 unspecified atom stereocenters. The first kappa shape index (κ1) is 8.83. The van der Waals surface area contributed by atoms with Gasteiger partial charge in [-0.1, -0.05) is 32.4 Å². The molecule has 1 rings (SSSR count). The van der Waals surface area contributed by atoms with Crippen molar-refractivity contribution < 1.29 is 0 Å². The molecule has 0 aromatic heterocycles. The third-order valence-electron chi connectivity index (χ3n) is 3.77. The normalized spacial score (nSPS) is 38.5. The summed E-state index contributed by atoms with van der Waals surface area (Å²) in [4.78, 5) is 0. The predicted octanol–water partition coefficient (Wildman–Crippen LogP) is 3.78. The molecule has 1 aliphatic carbocycles. The molecule has 0 aliphatic heterocycles. The molecule has 0 saturated heterocycles. The minimum absolute atomic E-state index is 0.498. The van der Waals surface area contributed by atoms with Gasteiger partial charge >= 0.3 is 0 Å². The Morgan fingerprint density at radius 1 is 1.64 bits per heavy atom. The molecule has 0 bridgehead atoms. The highest BCUT2D eigenvalue weighted by Crippen LogP contribution is 2.43. The van der Waals surface area contributed by atoms with Crippen LogP contribution in [0.4, 0.5) is 0 Å². The summed E-state index contributed by atoms with van der Waals surface area (Å²) in [5.74, 6) is 0.873. The fourth-order valence-corrected chi connectivity index (χ4v) is 2.12. The van der Waals surface area contributed by atoms with E-state index in [9.17, 15) is 0 Å². The molecular formula is C11H20. The van der Waals surface area contributed by atoms with E-state index >= 15 is 0 Å². The Kier molecular flexibility index (Phi) is 2.41. The van der Waals surface area contributed by atoms with Crippen LogP contribution >= 0.6 is 0 Å². The minimum atomic E-state index is 0.498. The van der Waals surface area contributed by atoms with Gasteiger partial charge in [0, 0.05) is 0 Å². The van der Waals surface area contributed by atoms with Crippen molar-refractivity contribution in [2.24, 2.45) is 11.3 Å². The Morgan fingerprint density at radius 3 is 2.64 bits per heavy atom. The number of hydrogen-bond donors (Lipinski definition) is 0. The Bertz CT molecular complexity index is 167. The van der Waals surface area contributed by atoms with Crippen LogP contribution in [0.15, 0.2) is 11.6 Å². The molecule has 0 spiro atoms. The fraction of sp³-hybridized carbons (Fsp3) is 0.818. The van der Waals surface area contributed by atoms with Gasteiger partial charge in [0.15, 0.2) is 0 Å². The molecule has 2 atom stereocenters. The molecule has 0 aromatic carbocycles. The van der Waals surface area contributed by atoms with Crippen LogP contribution in [-0.4, -0.2) is 0 Å². The summed E-state index contributed by atoms with van der Waals surface area (Å²) in [7, 11) is 0. The zero-order valence-corrected chi connectivity index (χ0v) is 8.28. The van der Waals surface area contributed by atoms with E-state index in [-0.39, 0.29) is 0 Å². The Balaban J connectivity index is 2.87. The molecule has 0 heterocycles. The second-order valence-electron chi connectivity index (χ2n) is 4.14. The number of rotatable bonds is 1. The van der Waals surface area contributed by atoms with Gasteiger partial charge in [-0.15, -0.1) is 0 Å². The summed E-state index contributed by atoms with van der Waals surface area (Å²) >= 11 is 0. The summed E-state index contributed by atoms with van der Waals surface area (Å²) in [6.45, 7) is 9.39. The van der Waals surface area contributed by atoms with E-state index in [1.807, 2.05) is 0 Å². The van der Waals surface area contributed by atoms with E-state index in [0.29, 0.717) is 5.41 Å². The maximum absolute atomic E-state index is 2.42. The molecule has 11 heavy (non-hydrogen) atoms. The molecule has 0 aromatic rings. The summed E-state index contributed by atoms with van der Waals surface area (Å²) in [5.41, 5.74) is 2.11. The quantitative estimate of drug-likeness (QED) is 0.502. The SMILES string of the molecule is CC[C@@]1(C)C(C)=CCC[C@@H]1C. The van der Waals surface area contributed by atoms with Crippen LogP contribution in [-0.2, 0) is 0 Å². The monoisotopic (exact) mass is 152 g/mol. The first-order valence-electron chi connectivity index (χ1n) is 4.78. The molecule has 0 amide bonds. The zero-order valence-electron chi connectivity index (χ0n) is 8.28. The van der Waals surface area contributed by atoms with Crippen molar-refractivity contribution in [2.45, 2.75) is 47.0 Å². The van der Waals surface area contributed by atoms with Crippen molar-refractivity contribution >= 4 is 0 Å². The molecule has 1 aliphatic rings. The lowest BCUT2D eigenvalue weighted by atomic mass is 9.66. The van der Waals surface area contributed by atoms with Crippen LogP contribution in [0, 0.1) is 11.3 Å². The molecule has 0 heteroatoms. The molecular weight excluding hydrogens is 132 g/mol. The molecule has 0 radical (unpaired) electrons. The zero-order chi connectivity index (χ0) is 8.48. The summed E-state index contributed by atoms with van der Waals surface area (Å²) in [6, 6.07) is 0. The molecule has 0 fully saturated rings. The van der Waals surface area contributed by atoms with Crippen LogP contribution in [0.5, 0.6) is 0 Å². The molecule has 64 valence electrons. The van der Waals surface area contributed by atoms with Crippen LogP contribution in [0.25, 0.3) is 0 Å². The van der Waals surface area contributed by atoms with Crippen LogP contribution in [0.3, 0.4) is 0 Å². The lowest BCUT2D eigenvalue weighted by Gasteiger charge is -2.39. The maximum Gasteiger partial charge on any atom is -0.00960 e. The van der Waals surface area contributed by atoms with E-state index in [1.165, 1.54) is 19.3 Å². The predicted molar refractivity (Wildman–Crippen MR) is 50.6 cm³/mol. The third kappa shape index (κ3) is 1.36. The van der Waals surface area contributed by atoms with Crippen LogP contribution < -0.4 is 0 Å². The van der Waals surface area contributed by atoms with E-state index in [0.717, 1.165) is 5.92 Å². The van der Waals surface area contributed by atoms with Gasteiger partial charge in [-0.3, -0.25) is 0 Å². The largest absolute Gasteiger partial charge is 0.0850 e. The van der Waals surface area contributed by atoms with Crippen molar-refractivity contribution in [1.82, 2.24) is 0 Å². The third-order valence-corrected chi connectivity index (χ3v) is 3.77. The average Bonchev–Trinajstić information content (AvgIpc) is 2.00. The van der Waals surface area contributed by atoms with E-state index in [2.05, 4.69) is 33.8 Å². The Labute approximate surface area is 70.7 Å². The lowest BCUT2D eigenvalue weighted by Crippen LogP contribution is -2.28. The van der Waals surface area contributed by atoms with Crippen LogP contribution in [0.2, 0.25) is 0 Å². The van der Waals surface area contributed by atoms with E-state index < -0.39 is 0 Å². The lowest BCUT2D eigenvalue weighted by molar-refractivity contribution is 0.220. The maximum atomic E-state index is 2.42. The van der Waals surface area contributed by atoms with Gasteiger partial charge in [-0.05, 0) is 37.5 Å². The van der Waals surface area contributed by atoms with Crippen LogP contribution in [0.1, 0.15) is 47.0 Å². The van der Waals surface area contributed by atoms with Gasteiger partial charge in [0.2, 0.25) is 0 Å². The second-order valence-corrected chi connectivity index (χ2v) is 4.14. The Morgan fingerprint density at radius 2 is 2.27 bits per heavy atom. The first-order chi connectivity index (χ1) is 5.11. The van der Waals surface area contributed by atoms with Gasteiger partial charge in [-0.25, -0.2) is 0 Å². The molecule has 0 nitrogen and oxygen atoms in total. The second kappa shape index (κ2) is 3.00. The van der Waals surface area contributed by atoms with Gasteiger partial charge in [0.05, 0.1) is 0 Å². The van der Waals surface area contributed by atoms with Crippen molar-refractivity contribution in [2.75, 3.05) is 0 Å². The first-order valence-corrected chi connectivity index (χ1v) is 4.78. The standard InChI is InChI=1S/C11H20/c1-5-11(4)9(2)7-6-8-10(11)3/h7,10H,5-6,8H2,1-4H3/t10-,11-/m0/s1. The van der Waals surface area contributed by atoms with Crippen molar-refractivity contribution in [1.29, 1.82) is 0 Å².